The summed E-state index contributed by atoms with van der Waals surface area (Å²) in [4.78, 5) is 19.9. The molecule has 96 valence electrons. The van der Waals surface area contributed by atoms with Gasteiger partial charge in [0.1, 0.15) is 5.75 Å². The van der Waals surface area contributed by atoms with Gasteiger partial charge >= 0.3 is 11.4 Å². The predicted molar refractivity (Wildman–Crippen MR) is 66.9 cm³/mol. The van der Waals surface area contributed by atoms with E-state index in [0.717, 1.165) is 12.1 Å². The van der Waals surface area contributed by atoms with Gasteiger partial charge in [0.2, 0.25) is 0 Å². The van der Waals surface area contributed by atoms with E-state index in [9.17, 15) is 25.3 Å². The Morgan fingerprint density at radius 2 is 1.53 bits per heavy atom. The number of rotatable bonds is 3. The van der Waals surface area contributed by atoms with Crippen LogP contribution in [0.25, 0.3) is 11.1 Å². The van der Waals surface area contributed by atoms with E-state index in [2.05, 4.69) is 0 Å². The van der Waals surface area contributed by atoms with Gasteiger partial charge in [-0.15, -0.1) is 0 Å². The van der Waals surface area contributed by atoms with Gasteiger partial charge in [-0.2, -0.15) is 0 Å². The summed E-state index contributed by atoms with van der Waals surface area (Å²) in [6, 6.07) is 9.76. The smallest absolute Gasteiger partial charge is 0.346 e. The summed E-state index contributed by atoms with van der Waals surface area (Å²) >= 11 is 0. The van der Waals surface area contributed by atoms with E-state index < -0.39 is 21.2 Å². The lowest BCUT2D eigenvalue weighted by Crippen LogP contribution is -1.96. The minimum absolute atomic E-state index is 0.0503. The van der Waals surface area contributed by atoms with Gasteiger partial charge in [0, 0.05) is 17.7 Å². The second-order valence-electron chi connectivity index (χ2n) is 3.73. The fourth-order valence-electron chi connectivity index (χ4n) is 1.71. The largest absolute Gasteiger partial charge is 0.507 e. The Balaban J connectivity index is 2.62. The zero-order valence-corrected chi connectivity index (χ0v) is 9.52. The Morgan fingerprint density at radius 3 is 2.11 bits per heavy atom. The van der Waals surface area contributed by atoms with Crippen molar-refractivity contribution in [1.29, 1.82) is 0 Å². The fraction of sp³-hybridized carbons (Fsp3) is 0. The zero-order valence-electron chi connectivity index (χ0n) is 9.52. The molecule has 2 aromatic carbocycles. The number of phenolic OH excluding ortho intramolecular Hbond substituents is 1. The van der Waals surface area contributed by atoms with E-state index in [1.807, 2.05) is 0 Å². The molecule has 0 radical (unpaired) electrons. The summed E-state index contributed by atoms with van der Waals surface area (Å²) in [7, 11) is 0. The van der Waals surface area contributed by atoms with Crippen LogP contribution < -0.4 is 0 Å². The Labute approximate surface area is 107 Å². The maximum absolute atomic E-state index is 10.8. The summed E-state index contributed by atoms with van der Waals surface area (Å²) in [6.45, 7) is 0. The maximum atomic E-state index is 10.8. The molecule has 0 atom stereocenters. The second kappa shape index (κ2) is 4.73. The van der Waals surface area contributed by atoms with E-state index >= 15 is 0 Å². The topological polar surface area (TPSA) is 107 Å². The molecule has 0 fully saturated rings. The van der Waals surface area contributed by atoms with Crippen LogP contribution in [-0.2, 0) is 0 Å². The lowest BCUT2D eigenvalue weighted by Gasteiger charge is -2.04. The van der Waals surface area contributed by atoms with Gasteiger partial charge in [-0.3, -0.25) is 20.2 Å². The van der Waals surface area contributed by atoms with E-state index in [1.54, 1.807) is 18.2 Å². The highest BCUT2D eigenvalue weighted by atomic mass is 16.6. The average molecular weight is 260 g/mol. The molecule has 0 aliphatic carbocycles. The maximum Gasteiger partial charge on any atom is 0.346 e. The van der Waals surface area contributed by atoms with Crippen LogP contribution in [0.5, 0.6) is 5.75 Å². The monoisotopic (exact) mass is 260 g/mol. The number of hydrogen-bond donors (Lipinski definition) is 1. The molecule has 7 heteroatoms. The highest BCUT2D eigenvalue weighted by Gasteiger charge is 2.24. The first kappa shape index (κ1) is 12.5. The molecule has 0 amide bonds. The number of aromatic hydroxyl groups is 1. The van der Waals surface area contributed by atoms with Crippen LogP contribution in [0.3, 0.4) is 0 Å². The van der Waals surface area contributed by atoms with Crippen molar-refractivity contribution in [3.63, 3.8) is 0 Å². The van der Waals surface area contributed by atoms with Crippen molar-refractivity contribution in [2.24, 2.45) is 0 Å². The molecule has 0 aliphatic rings. The third-order valence-electron chi connectivity index (χ3n) is 2.58. The Bertz CT molecular complexity index is 669. The zero-order chi connectivity index (χ0) is 14.0. The van der Waals surface area contributed by atoms with Crippen molar-refractivity contribution in [3.8, 4) is 16.9 Å². The standard InChI is InChI=1S/C12H8N2O5/c15-12-4-2-1-3-9(12)8-5-6-10(13(16)17)11(7-8)14(18)19/h1-7,15H. The third-order valence-corrected chi connectivity index (χ3v) is 2.58. The lowest BCUT2D eigenvalue weighted by atomic mass is 10.0. The van der Waals surface area contributed by atoms with E-state index in [4.69, 9.17) is 0 Å². The van der Waals surface area contributed by atoms with E-state index in [-0.39, 0.29) is 5.75 Å². The predicted octanol–water partition coefficient (Wildman–Crippen LogP) is 2.88. The number of benzene rings is 2. The van der Waals surface area contributed by atoms with E-state index in [1.165, 1.54) is 12.1 Å². The summed E-state index contributed by atoms with van der Waals surface area (Å²) in [5.41, 5.74) is -0.467. The first-order chi connectivity index (χ1) is 9.00. The molecule has 7 nitrogen and oxygen atoms in total. The van der Waals surface area contributed by atoms with Crippen molar-refractivity contribution in [3.05, 3.63) is 62.7 Å². The summed E-state index contributed by atoms with van der Waals surface area (Å²) in [5, 5.41) is 31.2. The molecule has 0 spiro atoms. The van der Waals surface area contributed by atoms with Crippen LogP contribution in [0.2, 0.25) is 0 Å². The normalized spacial score (nSPS) is 10.1. The van der Waals surface area contributed by atoms with E-state index in [0.29, 0.717) is 11.1 Å². The Morgan fingerprint density at radius 1 is 0.895 bits per heavy atom. The van der Waals surface area contributed by atoms with Crippen molar-refractivity contribution in [1.82, 2.24) is 0 Å². The minimum Gasteiger partial charge on any atom is -0.507 e. The number of nitro benzene ring substituents is 2. The van der Waals surface area contributed by atoms with Crippen molar-refractivity contribution in [2.75, 3.05) is 0 Å². The first-order valence-electron chi connectivity index (χ1n) is 5.22. The molecule has 2 aromatic rings. The molecule has 0 saturated carbocycles. The first-order valence-corrected chi connectivity index (χ1v) is 5.22. The molecular formula is C12H8N2O5. The fourth-order valence-corrected chi connectivity index (χ4v) is 1.71. The SMILES string of the molecule is O=[N+]([O-])c1ccc(-c2ccccc2O)cc1[N+](=O)[O-]. The molecular weight excluding hydrogens is 252 g/mol. The average Bonchev–Trinajstić information content (AvgIpc) is 2.38. The molecule has 0 bridgehead atoms. The van der Waals surface area contributed by atoms with Gasteiger partial charge in [-0.05, 0) is 17.7 Å². The quantitative estimate of drug-likeness (QED) is 0.674. The summed E-state index contributed by atoms with van der Waals surface area (Å²) < 4.78 is 0. The molecule has 0 aromatic heterocycles. The van der Waals surface area contributed by atoms with Crippen LogP contribution >= 0.6 is 0 Å². The number of phenols is 1. The van der Waals surface area contributed by atoms with Gasteiger partial charge in [-0.25, -0.2) is 0 Å². The van der Waals surface area contributed by atoms with Crippen LogP contribution in [0.4, 0.5) is 11.4 Å². The second-order valence-corrected chi connectivity index (χ2v) is 3.73. The molecule has 0 heterocycles. The van der Waals surface area contributed by atoms with Gasteiger partial charge in [0.25, 0.3) is 0 Å². The van der Waals surface area contributed by atoms with Crippen molar-refractivity contribution in [2.45, 2.75) is 0 Å². The van der Waals surface area contributed by atoms with Gasteiger partial charge in [-0.1, -0.05) is 18.2 Å². The summed E-state index contributed by atoms with van der Waals surface area (Å²) in [6.07, 6.45) is 0. The van der Waals surface area contributed by atoms with Crippen LogP contribution in [0.1, 0.15) is 0 Å². The molecule has 2 rings (SSSR count). The Kier molecular flexibility index (Phi) is 3.11. The molecule has 0 unspecified atom stereocenters. The molecule has 0 saturated heterocycles. The molecule has 1 N–H and O–H groups in total. The Hall–Kier alpha value is -2.96. The highest BCUT2D eigenvalue weighted by Crippen LogP contribution is 2.35. The molecule has 19 heavy (non-hydrogen) atoms. The van der Waals surface area contributed by atoms with Gasteiger partial charge in [0.15, 0.2) is 0 Å². The molecule has 0 aliphatic heterocycles. The lowest BCUT2D eigenvalue weighted by molar-refractivity contribution is -0.422. The van der Waals surface area contributed by atoms with Crippen LogP contribution in [-0.4, -0.2) is 15.0 Å². The number of para-hydroxylation sites is 1. The van der Waals surface area contributed by atoms with Crippen LogP contribution in [0.15, 0.2) is 42.5 Å². The highest BCUT2D eigenvalue weighted by molar-refractivity contribution is 5.74. The van der Waals surface area contributed by atoms with Crippen molar-refractivity contribution < 1.29 is 15.0 Å². The number of nitro groups is 2. The van der Waals surface area contributed by atoms with Gasteiger partial charge < -0.3 is 5.11 Å². The third kappa shape index (κ3) is 2.34. The summed E-state index contributed by atoms with van der Waals surface area (Å²) in [5.74, 6) is -0.0503. The number of hydrogen-bond acceptors (Lipinski definition) is 5. The van der Waals surface area contributed by atoms with Crippen LogP contribution in [0, 0.1) is 20.2 Å². The minimum atomic E-state index is -0.818. The van der Waals surface area contributed by atoms with Crippen molar-refractivity contribution >= 4 is 11.4 Å². The van der Waals surface area contributed by atoms with Gasteiger partial charge in [0.05, 0.1) is 9.85 Å². The number of nitrogens with zero attached hydrogens (tertiary/aromatic N) is 2.